The van der Waals surface area contributed by atoms with Crippen molar-refractivity contribution in [3.8, 4) is 0 Å². The molecule has 8 heteroatoms. The number of amides is 1. The van der Waals surface area contributed by atoms with Crippen LogP contribution in [0.25, 0.3) is 0 Å². The maximum atomic E-state index is 13.3. The number of carbonyl (C=O) groups excluding carboxylic acids is 1. The topological polar surface area (TPSA) is 98.3 Å². The predicted octanol–water partition coefficient (Wildman–Crippen LogP) is 1.97. The van der Waals surface area contributed by atoms with Crippen LogP contribution in [0.5, 0.6) is 0 Å². The monoisotopic (exact) mass is 251 g/mol. The Balaban J connectivity index is 2.21. The third-order valence-corrected chi connectivity index (χ3v) is 2.10. The van der Waals surface area contributed by atoms with Crippen LogP contribution in [0.4, 0.5) is 15.8 Å². The highest BCUT2D eigenvalue weighted by atomic mass is 19.1. The van der Waals surface area contributed by atoms with Crippen LogP contribution < -0.4 is 5.32 Å². The zero-order valence-corrected chi connectivity index (χ0v) is 8.79. The summed E-state index contributed by atoms with van der Waals surface area (Å²) in [5.41, 5.74) is -0.422. The minimum absolute atomic E-state index is 0.0423. The van der Waals surface area contributed by atoms with Crippen molar-refractivity contribution >= 4 is 17.3 Å². The van der Waals surface area contributed by atoms with E-state index < -0.39 is 22.3 Å². The number of aromatic nitrogens is 1. The molecule has 2 aromatic rings. The first-order chi connectivity index (χ1) is 8.58. The molecule has 92 valence electrons. The maximum absolute atomic E-state index is 13.3. The molecule has 0 aliphatic rings. The summed E-state index contributed by atoms with van der Waals surface area (Å²) in [5, 5.41) is 16.2. The lowest BCUT2D eigenvalue weighted by molar-refractivity contribution is -0.387. The van der Waals surface area contributed by atoms with Crippen LogP contribution >= 0.6 is 0 Å². The van der Waals surface area contributed by atoms with E-state index in [0.29, 0.717) is 5.69 Å². The van der Waals surface area contributed by atoms with Crippen LogP contribution in [0, 0.1) is 15.9 Å². The highest BCUT2D eigenvalue weighted by Gasteiger charge is 2.16. The van der Waals surface area contributed by atoms with Crippen molar-refractivity contribution in [3.05, 3.63) is 52.2 Å². The van der Waals surface area contributed by atoms with Crippen molar-refractivity contribution in [2.45, 2.75) is 0 Å². The normalized spacial score (nSPS) is 10.1. The predicted molar refractivity (Wildman–Crippen MR) is 57.5 cm³/mol. The minimum Gasteiger partial charge on any atom is -0.363 e. The van der Waals surface area contributed by atoms with E-state index >= 15 is 0 Å². The largest absolute Gasteiger partial charge is 0.363 e. The zero-order chi connectivity index (χ0) is 13.1. The molecular weight excluding hydrogens is 245 g/mol. The number of carbonyl (C=O) groups is 1. The van der Waals surface area contributed by atoms with Gasteiger partial charge in [-0.1, -0.05) is 5.16 Å². The lowest BCUT2D eigenvalue weighted by atomic mass is 10.2. The second kappa shape index (κ2) is 4.62. The molecule has 1 aromatic heterocycles. The van der Waals surface area contributed by atoms with Gasteiger partial charge in [-0.3, -0.25) is 14.9 Å². The molecule has 0 radical (unpaired) electrons. The van der Waals surface area contributed by atoms with Gasteiger partial charge in [0.15, 0.2) is 0 Å². The number of nitro benzene ring substituents is 1. The Kier molecular flexibility index (Phi) is 3.00. The molecule has 0 aliphatic carbocycles. The Morgan fingerprint density at radius 1 is 1.50 bits per heavy atom. The smallest absolute Gasteiger partial charge is 0.304 e. The second-order valence-electron chi connectivity index (χ2n) is 3.29. The Hall–Kier alpha value is -2.77. The molecule has 0 fully saturated rings. The van der Waals surface area contributed by atoms with Gasteiger partial charge in [-0.2, -0.15) is 4.39 Å². The fraction of sp³-hybridized carbons (Fsp3) is 0. The number of rotatable bonds is 3. The Labute approximate surface area is 99.3 Å². The number of anilines is 1. The van der Waals surface area contributed by atoms with Gasteiger partial charge in [-0.15, -0.1) is 0 Å². The molecule has 0 unspecified atom stereocenters. The van der Waals surface area contributed by atoms with Crippen molar-refractivity contribution in [1.29, 1.82) is 0 Å². The maximum Gasteiger partial charge on any atom is 0.304 e. The van der Waals surface area contributed by atoms with Crippen LogP contribution in [-0.4, -0.2) is 16.0 Å². The van der Waals surface area contributed by atoms with Gasteiger partial charge in [0.05, 0.1) is 11.1 Å². The van der Waals surface area contributed by atoms with Gasteiger partial charge in [0.25, 0.3) is 5.91 Å². The molecule has 0 saturated carbocycles. The summed E-state index contributed by atoms with van der Waals surface area (Å²) in [7, 11) is 0. The van der Waals surface area contributed by atoms with Crippen LogP contribution in [0.15, 0.2) is 35.2 Å². The third kappa shape index (κ3) is 2.32. The highest BCUT2D eigenvalue weighted by Crippen LogP contribution is 2.18. The van der Waals surface area contributed by atoms with Crippen molar-refractivity contribution in [1.82, 2.24) is 5.16 Å². The Bertz CT molecular complexity index is 597. The second-order valence-corrected chi connectivity index (χ2v) is 3.29. The molecule has 0 spiro atoms. The highest BCUT2D eigenvalue weighted by molar-refractivity contribution is 6.04. The fourth-order valence-corrected chi connectivity index (χ4v) is 1.27. The first kappa shape index (κ1) is 11.7. The Morgan fingerprint density at radius 3 is 2.83 bits per heavy atom. The number of nitrogens with one attached hydrogen (secondary N) is 1. The van der Waals surface area contributed by atoms with Gasteiger partial charge in [-0.25, -0.2) is 0 Å². The summed E-state index contributed by atoms with van der Waals surface area (Å²) in [6.45, 7) is 0. The van der Waals surface area contributed by atoms with E-state index in [1.807, 2.05) is 0 Å². The van der Waals surface area contributed by atoms with Crippen LogP contribution in [0.2, 0.25) is 0 Å². The molecule has 0 aliphatic heterocycles. The third-order valence-electron chi connectivity index (χ3n) is 2.10. The van der Waals surface area contributed by atoms with Gasteiger partial charge in [-0.05, 0) is 12.1 Å². The molecule has 7 nitrogen and oxygen atoms in total. The number of nitro groups is 1. The summed E-state index contributed by atoms with van der Waals surface area (Å²) in [6, 6.07) is 2.88. The van der Waals surface area contributed by atoms with E-state index in [4.69, 9.17) is 0 Å². The molecular formula is C10H6FN3O4. The lowest BCUT2D eigenvalue weighted by Gasteiger charge is -2.02. The van der Waals surface area contributed by atoms with Crippen molar-refractivity contribution < 1.29 is 18.6 Å². The average Bonchev–Trinajstić information content (AvgIpc) is 2.81. The molecule has 0 atom stereocenters. The summed E-state index contributed by atoms with van der Waals surface area (Å²) in [6.07, 6.45) is 2.46. The fourth-order valence-electron chi connectivity index (χ4n) is 1.27. The number of benzene rings is 1. The minimum atomic E-state index is -1.07. The molecule has 1 aromatic carbocycles. The number of hydrogen-bond acceptors (Lipinski definition) is 5. The summed E-state index contributed by atoms with van der Waals surface area (Å²) >= 11 is 0. The number of nitrogens with zero attached hydrogens (tertiary/aromatic N) is 2. The van der Waals surface area contributed by atoms with Crippen molar-refractivity contribution in [2.75, 3.05) is 5.32 Å². The number of halogens is 1. The first-order valence-corrected chi connectivity index (χ1v) is 4.72. The Morgan fingerprint density at radius 2 is 2.28 bits per heavy atom. The number of hydrogen-bond donors (Lipinski definition) is 1. The van der Waals surface area contributed by atoms with Crippen molar-refractivity contribution in [2.24, 2.45) is 0 Å². The van der Waals surface area contributed by atoms with Crippen LogP contribution in [0.1, 0.15) is 10.4 Å². The van der Waals surface area contributed by atoms with Gasteiger partial charge >= 0.3 is 5.69 Å². The molecule has 0 bridgehead atoms. The van der Waals surface area contributed by atoms with E-state index in [1.54, 1.807) is 0 Å². The summed E-state index contributed by atoms with van der Waals surface area (Å²) in [4.78, 5) is 21.2. The van der Waals surface area contributed by atoms with E-state index in [-0.39, 0.29) is 5.56 Å². The molecule has 1 amide bonds. The van der Waals surface area contributed by atoms with E-state index in [9.17, 15) is 19.3 Å². The van der Waals surface area contributed by atoms with Crippen LogP contribution in [-0.2, 0) is 0 Å². The van der Waals surface area contributed by atoms with Gasteiger partial charge in [0, 0.05) is 11.6 Å². The van der Waals surface area contributed by atoms with Crippen molar-refractivity contribution in [3.63, 3.8) is 0 Å². The van der Waals surface area contributed by atoms with Gasteiger partial charge < -0.3 is 9.84 Å². The van der Waals surface area contributed by atoms with Gasteiger partial charge in [0.1, 0.15) is 12.0 Å². The average molecular weight is 251 g/mol. The summed E-state index contributed by atoms with van der Waals surface area (Å²) in [5.74, 6) is -1.69. The molecule has 1 heterocycles. The lowest BCUT2D eigenvalue weighted by Crippen LogP contribution is -2.11. The molecule has 18 heavy (non-hydrogen) atoms. The van der Waals surface area contributed by atoms with E-state index in [2.05, 4.69) is 15.0 Å². The standard InChI is InChI=1S/C10H6FN3O4/c11-8-3-6(1-2-9(8)14(16)17)10(15)13-7-4-12-18-5-7/h1-5H,(H,13,15). The van der Waals surface area contributed by atoms with E-state index in [0.717, 1.165) is 18.2 Å². The van der Waals surface area contributed by atoms with Gasteiger partial charge in [0.2, 0.25) is 5.82 Å². The molecule has 1 N–H and O–H groups in total. The zero-order valence-electron chi connectivity index (χ0n) is 8.79. The quantitative estimate of drug-likeness (QED) is 0.664. The van der Waals surface area contributed by atoms with Crippen LogP contribution in [0.3, 0.4) is 0 Å². The molecule has 2 rings (SSSR count). The van der Waals surface area contributed by atoms with E-state index in [1.165, 1.54) is 12.5 Å². The summed E-state index contributed by atoms with van der Waals surface area (Å²) < 4.78 is 17.8. The first-order valence-electron chi connectivity index (χ1n) is 4.72. The molecule has 0 saturated heterocycles. The SMILES string of the molecule is O=C(Nc1cnoc1)c1ccc([N+](=O)[O-])c(F)c1.